The summed E-state index contributed by atoms with van der Waals surface area (Å²) in [6.07, 6.45) is 0. The quantitative estimate of drug-likeness (QED) is 0.563. The summed E-state index contributed by atoms with van der Waals surface area (Å²) >= 11 is 0. The smallest absolute Gasteiger partial charge is 0.290 e. The summed E-state index contributed by atoms with van der Waals surface area (Å²) in [7, 11) is -1.62. The van der Waals surface area contributed by atoms with E-state index in [-0.39, 0.29) is 6.79 Å². The second-order valence-corrected chi connectivity index (χ2v) is 5.72. The zero-order chi connectivity index (χ0) is 11.1. The Balaban J connectivity index is 2.81. The molecule has 1 N–H and O–H groups in total. The van der Waals surface area contributed by atoms with Gasteiger partial charge in [0, 0.05) is 0 Å². The minimum atomic E-state index is -1.62. The van der Waals surface area contributed by atoms with Crippen LogP contribution in [0.25, 0.3) is 0 Å². The van der Waals surface area contributed by atoms with Gasteiger partial charge < -0.3 is 14.1 Å². The van der Waals surface area contributed by atoms with Gasteiger partial charge in [0.25, 0.3) is 9.20 Å². The van der Waals surface area contributed by atoms with Crippen molar-refractivity contribution in [3.8, 4) is 0 Å². The molecule has 1 atom stereocenters. The first-order chi connectivity index (χ1) is 7.33. The number of hydrogen-bond acceptors (Lipinski definition) is 3. The van der Waals surface area contributed by atoms with E-state index in [2.05, 4.69) is 30.5 Å². The third-order valence-corrected chi connectivity index (χ3v) is 5.27. The Morgan fingerprint density at radius 1 is 1.20 bits per heavy atom. The van der Waals surface area contributed by atoms with E-state index in [1.807, 2.05) is 18.2 Å². The van der Waals surface area contributed by atoms with Gasteiger partial charge in [0.05, 0.1) is 0 Å². The molecule has 0 fully saturated rings. The van der Waals surface area contributed by atoms with Crippen LogP contribution in [0.4, 0.5) is 0 Å². The summed E-state index contributed by atoms with van der Waals surface area (Å²) in [6, 6.07) is 10.2. The molecule has 0 radical (unpaired) electrons. The van der Waals surface area contributed by atoms with Crippen LogP contribution in [0, 0.1) is 0 Å². The lowest BCUT2D eigenvalue weighted by Crippen LogP contribution is -2.50. The minimum absolute atomic E-state index is 0.192. The van der Waals surface area contributed by atoms with E-state index < -0.39 is 9.20 Å². The summed E-state index contributed by atoms with van der Waals surface area (Å²) in [6.45, 7) is 5.97. The number of aliphatic hydroxyl groups excluding tert-OH is 1. The second-order valence-electron chi connectivity index (χ2n) is 3.28. The second kappa shape index (κ2) is 6.74. The van der Waals surface area contributed by atoms with Crippen molar-refractivity contribution in [2.24, 2.45) is 0 Å². The Morgan fingerprint density at radius 2 is 1.80 bits per heavy atom. The first kappa shape index (κ1) is 12.4. The average molecular weight is 225 g/mol. The third-order valence-electron chi connectivity index (χ3n) is 2.46. The fourth-order valence-corrected chi connectivity index (χ4v) is 3.84. The summed E-state index contributed by atoms with van der Waals surface area (Å²) < 4.78 is 7.79. The topological polar surface area (TPSA) is 32.7 Å². The van der Waals surface area contributed by atoms with Crippen LogP contribution in [0.1, 0.15) is 13.8 Å². The highest BCUT2D eigenvalue weighted by atomic mass is 28.3. The lowest BCUT2D eigenvalue weighted by molar-refractivity contribution is 0.0869. The van der Waals surface area contributed by atoms with Gasteiger partial charge in [-0.1, -0.05) is 44.2 Å². The van der Waals surface area contributed by atoms with Gasteiger partial charge in [-0.05, 0) is 18.3 Å². The maximum absolute atomic E-state index is 8.92. The highest BCUT2D eigenvalue weighted by Gasteiger charge is 2.20. The lowest BCUT2D eigenvalue weighted by Gasteiger charge is -2.27. The van der Waals surface area contributed by atoms with Crippen molar-refractivity contribution < 1.29 is 9.53 Å². The van der Waals surface area contributed by atoms with Gasteiger partial charge in [-0.15, -0.1) is 0 Å². The Labute approximate surface area is 93.1 Å². The van der Waals surface area contributed by atoms with Crippen molar-refractivity contribution in [1.82, 2.24) is 4.57 Å². The Morgan fingerprint density at radius 3 is 2.27 bits per heavy atom. The van der Waals surface area contributed by atoms with E-state index in [0.29, 0.717) is 0 Å². The van der Waals surface area contributed by atoms with Gasteiger partial charge in [0.1, 0.15) is 6.79 Å². The Hall–Kier alpha value is -0.683. The van der Waals surface area contributed by atoms with Crippen LogP contribution in [0.3, 0.4) is 0 Å². The molecule has 0 aliphatic carbocycles. The van der Waals surface area contributed by atoms with Crippen molar-refractivity contribution >= 4 is 14.4 Å². The Kier molecular flexibility index (Phi) is 5.56. The van der Waals surface area contributed by atoms with E-state index in [4.69, 9.17) is 9.53 Å². The number of hydrogen-bond donors (Lipinski definition) is 1. The fourth-order valence-electron chi connectivity index (χ4n) is 1.66. The summed E-state index contributed by atoms with van der Waals surface area (Å²) in [5.74, 6) is 0. The molecule has 1 aromatic carbocycles. The van der Waals surface area contributed by atoms with Crippen LogP contribution < -0.4 is 5.19 Å². The summed E-state index contributed by atoms with van der Waals surface area (Å²) in [5, 5.41) is 10.1. The number of benzene rings is 1. The lowest BCUT2D eigenvalue weighted by atomic mass is 10.4. The fraction of sp³-hybridized carbons (Fsp3) is 0.455. The first-order valence-electron chi connectivity index (χ1n) is 5.34. The number of rotatable bonds is 6. The highest BCUT2D eigenvalue weighted by Crippen LogP contribution is 1.98. The molecule has 0 aromatic heterocycles. The molecule has 0 aliphatic heterocycles. The molecule has 0 saturated heterocycles. The largest absolute Gasteiger partial charge is 0.379 e. The molecule has 0 saturated carbocycles. The van der Waals surface area contributed by atoms with Crippen molar-refractivity contribution in [2.75, 3.05) is 19.9 Å². The van der Waals surface area contributed by atoms with Crippen LogP contribution in [0.2, 0.25) is 0 Å². The standard InChI is InChI=1S/C11H19NO2Si/c1-3-12(4-2)15(14-10-13)11-8-6-5-7-9-11/h5-9,13,15H,3-4,10H2,1-2H3. The molecule has 1 unspecified atom stereocenters. The van der Waals surface area contributed by atoms with Gasteiger partial charge in [-0.3, -0.25) is 0 Å². The summed E-state index contributed by atoms with van der Waals surface area (Å²) in [5.41, 5.74) is 0. The van der Waals surface area contributed by atoms with Crippen molar-refractivity contribution in [2.45, 2.75) is 13.8 Å². The molecule has 15 heavy (non-hydrogen) atoms. The van der Waals surface area contributed by atoms with Crippen molar-refractivity contribution in [1.29, 1.82) is 0 Å². The normalized spacial score (nSPS) is 13.1. The minimum Gasteiger partial charge on any atom is -0.379 e. The van der Waals surface area contributed by atoms with Gasteiger partial charge in [0.15, 0.2) is 0 Å². The van der Waals surface area contributed by atoms with Crippen LogP contribution in [-0.2, 0) is 4.43 Å². The maximum atomic E-state index is 8.92. The van der Waals surface area contributed by atoms with Crippen LogP contribution in [-0.4, -0.2) is 38.8 Å². The maximum Gasteiger partial charge on any atom is 0.290 e. The molecule has 1 rings (SSSR count). The van der Waals surface area contributed by atoms with Gasteiger partial charge in [-0.2, -0.15) is 0 Å². The van der Waals surface area contributed by atoms with Gasteiger partial charge in [0.2, 0.25) is 0 Å². The molecular formula is C11H19NO2Si. The SMILES string of the molecule is CCN(CC)[SiH](OCO)c1ccccc1. The number of aliphatic hydroxyl groups is 1. The van der Waals surface area contributed by atoms with E-state index in [1.165, 1.54) is 5.19 Å². The van der Waals surface area contributed by atoms with Crippen molar-refractivity contribution in [3.05, 3.63) is 30.3 Å². The van der Waals surface area contributed by atoms with E-state index >= 15 is 0 Å². The van der Waals surface area contributed by atoms with Gasteiger partial charge >= 0.3 is 0 Å². The molecule has 0 heterocycles. The van der Waals surface area contributed by atoms with E-state index in [1.54, 1.807) is 0 Å². The predicted molar refractivity (Wildman–Crippen MR) is 64.3 cm³/mol. The monoisotopic (exact) mass is 225 g/mol. The van der Waals surface area contributed by atoms with E-state index in [9.17, 15) is 0 Å². The molecule has 0 bridgehead atoms. The molecular weight excluding hydrogens is 206 g/mol. The van der Waals surface area contributed by atoms with Gasteiger partial charge in [-0.25, -0.2) is 0 Å². The predicted octanol–water partition coefficient (Wildman–Crippen LogP) is 0.422. The zero-order valence-electron chi connectivity index (χ0n) is 9.39. The molecule has 0 spiro atoms. The molecule has 84 valence electrons. The molecule has 3 nitrogen and oxygen atoms in total. The molecule has 1 aromatic rings. The molecule has 0 amide bonds. The third kappa shape index (κ3) is 3.42. The number of nitrogens with zero attached hydrogens (tertiary/aromatic N) is 1. The van der Waals surface area contributed by atoms with E-state index in [0.717, 1.165) is 13.1 Å². The van der Waals surface area contributed by atoms with Crippen LogP contribution in [0.15, 0.2) is 30.3 Å². The highest BCUT2D eigenvalue weighted by molar-refractivity contribution is 6.64. The first-order valence-corrected chi connectivity index (χ1v) is 6.91. The zero-order valence-corrected chi connectivity index (χ0v) is 10.5. The molecule has 4 heteroatoms. The average Bonchev–Trinajstić information content (AvgIpc) is 2.30. The summed E-state index contributed by atoms with van der Waals surface area (Å²) in [4.78, 5) is 0. The van der Waals surface area contributed by atoms with Crippen molar-refractivity contribution in [3.63, 3.8) is 0 Å². The van der Waals surface area contributed by atoms with Crippen LogP contribution >= 0.6 is 0 Å². The van der Waals surface area contributed by atoms with Crippen LogP contribution in [0.5, 0.6) is 0 Å². The molecule has 0 aliphatic rings. The Bertz CT molecular complexity index is 265.